The van der Waals surface area contributed by atoms with E-state index in [2.05, 4.69) is 5.32 Å². The van der Waals surface area contributed by atoms with Gasteiger partial charge in [-0.1, -0.05) is 0 Å². The zero-order valence-electron chi connectivity index (χ0n) is 17.1. The summed E-state index contributed by atoms with van der Waals surface area (Å²) in [6.07, 6.45) is -6.00. The molecule has 0 fully saturated rings. The monoisotopic (exact) mass is 437 g/mol. The molecule has 7 nitrogen and oxygen atoms in total. The van der Waals surface area contributed by atoms with Crippen LogP contribution in [0, 0.1) is 6.92 Å². The zero-order valence-corrected chi connectivity index (χ0v) is 17.9. The molecule has 0 unspecified atom stereocenters. The number of hydrogen-bond acceptors (Lipinski definition) is 6. The number of halogens is 3. The Morgan fingerprint density at radius 2 is 1.79 bits per heavy atom. The Kier molecular flexibility index (Phi) is 7.66. The summed E-state index contributed by atoms with van der Waals surface area (Å²) in [4.78, 5) is 26.7. The molecule has 11 heteroatoms. The van der Waals surface area contributed by atoms with Crippen LogP contribution in [0.4, 0.5) is 13.2 Å². The molecule has 0 aliphatic rings. The smallest absolute Gasteiger partial charge is 0.355 e. The van der Waals surface area contributed by atoms with Crippen molar-refractivity contribution in [1.82, 2.24) is 14.5 Å². The first-order chi connectivity index (χ1) is 13.5. The summed E-state index contributed by atoms with van der Waals surface area (Å²) in [5.41, 5.74) is -0.541. The average Bonchev–Trinajstić information content (AvgIpc) is 2.94. The van der Waals surface area contributed by atoms with Crippen molar-refractivity contribution in [3.8, 4) is 0 Å². The quantitative estimate of drug-likeness (QED) is 0.611. The Bertz CT molecular complexity index is 958. The summed E-state index contributed by atoms with van der Waals surface area (Å²) in [6.45, 7) is 5.27. The molecule has 0 saturated carbocycles. The van der Waals surface area contributed by atoms with Crippen molar-refractivity contribution in [2.75, 3.05) is 20.8 Å². The number of aryl methyl sites for hydroxylation is 2. The van der Waals surface area contributed by atoms with Crippen LogP contribution in [0.25, 0.3) is 10.2 Å². The number of aromatic nitrogens is 2. The first-order valence-electron chi connectivity index (χ1n) is 9.12. The molecule has 0 aliphatic heterocycles. The van der Waals surface area contributed by atoms with Gasteiger partial charge in [-0.05, 0) is 26.3 Å². The van der Waals surface area contributed by atoms with E-state index in [4.69, 9.17) is 9.47 Å². The van der Waals surface area contributed by atoms with Gasteiger partial charge in [-0.15, -0.1) is 11.3 Å². The van der Waals surface area contributed by atoms with Gasteiger partial charge in [0.25, 0.3) is 5.56 Å². The summed E-state index contributed by atoms with van der Waals surface area (Å²) in [6, 6.07) is -0.471. The van der Waals surface area contributed by atoms with Crippen LogP contribution >= 0.6 is 11.3 Å². The number of hydrogen-bond donors (Lipinski definition) is 1. The first kappa shape index (κ1) is 23.6. The highest BCUT2D eigenvalue weighted by molar-refractivity contribution is 7.18. The number of methoxy groups -OCH3 is 2. The summed E-state index contributed by atoms with van der Waals surface area (Å²) in [5, 5.41) is 3.43. The van der Waals surface area contributed by atoms with Gasteiger partial charge in [0.15, 0.2) is 6.29 Å². The number of thiophene rings is 1. The minimum atomic E-state index is -4.41. The number of nitrogens with one attached hydrogen (secondary N) is 1. The summed E-state index contributed by atoms with van der Waals surface area (Å²) < 4.78 is 50.7. The number of rotatable bonds is 9. The highest BCUT2D eigenvalue weighted by Gasteiger charge is 2.29. The van der Waals surface area contributed by atoms with Crippen LogP contribution in [-0.2, 0) is 22.6 Å². The fraction of sp³-hybridized carbons (Fsp3) is 0.667. The molecule has 0 radical (unpaired) electrons. The van der Waals surface area contributed by atoms with Crippen molar-refractivity contribution in [2.45, 2.75) is 58.8 Å². The second kappa shape index (κ2) is 9.41. The third kappa shape index (κ3) is 5.27. The van der Waals surface area contributed by atoms with E-state index in [0.29, 0.717) is 18.7 Å². The fourth-order valence-corrected chi connectivity index (χ4v) is 4.32. The van der Waals surface area contributed by atoms with E-state index in [1.165, 1.54) is 14.2 Å². The molecule has 0 aromatic carbocycles. The maximum absolute atomic E-state index is 12.9. The second-order valence-electron chi connectivity index (χ2n) is 6.93. The van der Waals surface area contributed by atoms with Crippen molar-refractivity contribution in [3.05, 3.63) is 31.3 Å². The minimum Gasteiger partial charge on any atom is -0.355 e. The van der Waals surface area contributed by atoms with Crippen molar-refractivity contribution >= 4 is 21.6 Å². The van der Waals surface area contributed by atoms with Crippen molar-refractivity contribution in [3.63, 3.8) is 0 Å². The molecule has 2 aromatic rings. The highest BCUT2D eigenvalue weighted by atomic mass is 32.1. The van der Waals surface area contributed by atoms with E-state index in [-0.39, 0.29) is 10.2 Å². The highest BCUT2D eigenvalue weighted by Crippen LogP contribution is 2.29. The Balaban J connectivity index is 2.53. The molecule has 0 spiro atoms. The molecule has 0 atom stereocenters. The van der Waals surface area contributed by atoms with Gasteiger partial charge in [0, 0.05) is 44.8 Å². The van der Waals surface area contributed by atoms with Crippen LogP contribution in [0.3, 0.4) is 0 Å². The van der Waals surface area contributed by atoms with Crippen LogP contribution in [0.15, 0.2) is 9.59 Å². The number of alkyl halides is 3. The van der Waals surface area contributed by atoms with Crippen molar-refractivity contribution < 1.29 is 22.6 Å². The van der Waals surface area contributed by atoms with Crippen LogP contribution in [-0.4, -0.2) is 42.4 Å². The summed E-state index contributed by atoms with van der Waals surface area (Å²) >= 11 is 1.15. The van der Waals surface area contributed by atoms with Crippen LogP contribution in [0.2, 0.25) is 0 Å². The lowest BCUT2D eigenvalue weighted by molar-refractivity contribution is -0.136. The largest absolute Gasteiger partial charge is 0.390 e. The molecule has 2 rings (SSSR count). The maximum atomic E-state index is 12.9. The number of nitrogens with zero attached hydrogens (tertiary/aromatic N) is 2. The molecule has 2 aromatic heterocycles. The van der Waals surface area contributed by atoms with Gasteiger partial charge in [0.05, 0.1) is 11.8 Å². The Hall–Kier alpha value is -1.69. The van der Waals surface area contributed by atoms with Gasteiger partial charge in [-0.2, -0.15) is 13.2 Å². The number of fused-ring (bicyclic) bond motifs is 1. The van der Waals surface area contributed by atoms with Gasteiger partial charge in [-0.3, -0.25) is 13.9 Å². The molecule has 164 valence electrons. The molecular weight excluding hydrogens is 411 g/mol. The zero-order chi connectivity index (χ0) is 21.9. The lowest BCUT2D eigenvalue weighted by Crippen LogP contribution is -2.41. The van der Waals surface area contributed by atoms with Crippen molar-refractivity contribution in [2.24, 2.45) is 0 Å². The van der Waals surface area contributed by atoms with E-state index in [0.717, 1.165) is 25.3 Å². The maximum Gasteiger partial charge on any atom is 0.390 e. The minimum absolute atomic E-state index is 0.269. The lowest BCUT2D eigenvalue weighted by atomic mass is 10.2. The van der Waals surface area contributed by atoms with Gasteiger partial charge >= 0.3 is 11.9 Å². The average molecular weight is 437 g/mol. The van der Waals surface area contributed by atoms with Crippen LogP contribution < -0.4 is 16.6 Å². The second-order valence-corrected chi connectivity index (χ2v) is 8.01. The molecule has 2 heterocycles. The molecule has 0 saturated heterocycles. The third-order valence-electron chi connectivity index (χ3n) is 4.60. The summed E-state index contributed by atoms with van der Waals surface area (Å²) in [5.74, 6) is 0. The fourth-order valence-electron chi connectivity index (χ4n) is 3.04. The van der Waals surface area contributed by atoms with Gasteiger partial charge in [0.2, 0.25) is 0 Å². The van der Waals surface area contributed by atoms with E-state index >= 15 is 0 Å². The first-order valence-corrected chi connectivity index (χ1v) is 9.93. The molecule has 0 amide bonds. The molecule has 0 bridgehead atoms. The van der Waals surface area contributed by atoms with E-state index in [1.54, 1.807) is 20.8 Å². The van der Waals surface area contributed by atoms with E-state index in [9.17, 15) is 22.8 Å². The molecule has 1 N–H and O–H groups in total. The van der Waals surface area contributed by atoms with Crippen LogP contribution in [0.1, 0.15) is 36.8 Å². The Morgan fingerprint density at radius 3 is 2.31 bits per heavy atom. The van der Waals surface area contributed by atoms with E-state index < -0.39 is 42.7 Å². The predicted octanol–water partition coefficient (Wildman–Crippen LogP) is 2.77. The summed E-state index contributed by atoms with van der Waals surface area (Å²) in [7, 11) is 3.02. The topological polar surface area (TPSA) is 74.5 Å². The Labute approximate surface area is 170 Å². The molecule has 0 aliphatic carbocycles. The molecule has 29 heavy (non-hydrogen) atoms. The Morgan fingerprint density at radius 1 is 1.17 bits per heavy atom. The predicted molar refractivity (Wildman–Crippen MR) is 106 cm³/mol. The standard InChI is InChI=1S/C18H26F3N3O4S/c1-10(2)24-15(25)14-11(3)12(8-22-9-13(27-4)28-5)29-16(14)23(17(24)26)7-6-18(19,20)21/h10,13,22H,6-9H2,1-5H3. The third-order valence-corrected chi connectivity index (χ3v) is 5.91. The van der Waals surface area contributed by atoms with E-state index in [1.807, 2.05) is 0 Å². The molecular formula is C18H26F3N3O4S. The van der Waals surface area contributed by atoms with Crippen LogP contribution in [0.5, 0.6) is 0 Å². The lowest BCUT2D eigenvalue weighted by Gasteiger charge is -2.15. The normalized spacial score (nSPS) is 12.6. The number of ether oxygens (including phenoxy) is 2. The van der Waals surface area contributed by atoms with Crippen molar-refractivity contribution in [1.29, 1.82) is 0 Å². The van der Waals surface area contributed by atoms with Gasteiger partial charge < -0.3 is 14.8 Å². The SMILES string of the molecule is COC(CNCc1sc2c(c1C)c(=O)n(C(C)C)c(=O)n2CCC(F)(F)F)OC. The van der Waals surface area contributed by atoms with Gasteiger partial charge in [-0.25, -0.2) is 4.79 Å². The van der Waals surface area contributed by atoms with Gasteiger partial charge in [0.1, 0.15) is 4.83 Å².